The molecule has 0 spiro atoms. The van der Waals surface area contributed by atoms with E-state index in [2.05, 4.69) is 0 Å². The minimum absolute atomic E-state index is 0.0463. The lowest BCUT2D eigenvalue weighted by Crippen LogP contribution is -2.56. The van der Waals surface area contributed by atoms with Crippen molar-refractivity contribution in [3.05, 3.63) is 0 Å². The number of esters is 1. The zero-order valence-electron chi connectivity index (χ0n) is 11.6. The molecule has 0 aromatic heterocycles. The summed E-state index contributed by atoms with van der Waals surface area (Å²) < 4.78 is 4.71. The van der Waals surface area contributed by atoms with Crippen molar-refractivity contribution in [3.63, 3.8) is 0 Å². The number of carbonyl (C=O) groups is 3. The van der Waals surface area contributed by atoms with Crippen LogP contribution in [0.1, 0.15) is 19.3 Å². The summed E-state index contributed by atoms with van der Waals surface area (Å²) in [5.41, 5.74) is 0. The Balaban J connectivity index is 1.73. The lowest BCUT2D eigenvalue weighted by atomic mass is 9.95. The third kappa shape index (κ3) is 3.20. The smallest absolute Gasteiger partial charge is 0.320 e. The molecule has 0 bridgehead atoms. The summed E-state index contributed by atoms with van der Waals surface area (Å²) in [6.45, 7) is 2.14. The van der Waals surface area contributed by atoms with Gasteiger partial charge in [-0.3, -0.25) is 9.59 Å². The number of hydrogen-bond donors (Lipinski definition) is 1. The van der Waals surface area contributed by atoms with E-state index in [1.165, 1.54) is 7.11 Å². The van der Waals surface area contributed by atoms with Gasteiger partial charge in [0.1, 0.15) is 0 Å². The first-order chi connectivity index (χ1) is 9.51. The standard InChI is InChI=1S/C13H20N2O5/c1-20-12(18)10-2-4-14(5-3-10)13(19)15-7-9(8-15)6-11(16)17/h9-10H,2-8H2,1H3,(H,16,17). The number of piperidine rings is 1. The molecule has 0 radical (unpaired) electrons. The molecule has 2 aliphatic rings. The number of hydrogen-bond acceptors (Lipinski definition) is 4. The van der Waals surface area contributed by atoms with Gasteiger partial charge in [-0.1, -0.05) is 0 Å². The maximum atomic E-state index is 12.1. The molecule has 0 saturated carbocycles. The summed E-state index contributed by atoms with van der Waals surface area (Å²) in [6.07, 6.45) is 1.38. The molecule has 0 atom stereocenters. The average molecular weight is 284 g/mol. The van der Waals surface area contributed by atoms with Crippen molar-refractivity contribution in [1.29, 1.82) is 0 Å². The Morgan fingerprint density at radius 1 is 1.15 bits per heavy atom. The first-order valence-electron chi connectivity index (χ1n) is 6.84. The Bertz CT molecular complexity index is 398. The van der Waals surface area contributed by atoms with Crippen molar-refractivity contribution < 1.29 is 24.2 Å². The summed E-state index contributed by atoms with van der Waals surface area (Å²) in [5, 5.41) is 8.67. The SMILES string of the molecule is COC(=O)C1CCN(C(=O)N2CC(CC(=O)O)C2)CC1. The molecule has 2 fully saturated rings. The van der Waals surface area contributed by atoms with Gasteiger partial charge in [0, 0.05) is 32.1 Å². The molecule has 2 rings (SSSR count). The van der Waals surface area contributed by atoms with Crippen LogP contribution < -0.4 is 0 Å². The fourth-order valence-corrected chi connectivity index (χ4v) is 2.78. The molecule has 2 saturated heterocycles. The van der Waals surface area contributed by atoms with Crippen molar-refractivity contribution >= 4 is 18.0 Å². The number of urea groups is 1. The quantitative estimate of drug-likeness (QED) is 0.758. The molecule has 112 valence electrons. The summed E-state index contributed by atoms with van der Waals surface area (Å²) in [7, 11) is 1.38. The zero-order valence-corrected chi connectivity index (χ0v) is 11.6. The van der Waals surface area contributed by atoms with Crippen molar-refractivity contribution in [2.45, 2.75) is 19.3 Å². The van der Waals surface area contributed by atoms with E-state index in [1.807, 2.05) is 0 Å². The largest absolute Gasteiger partial charge is 0.481 e. The molecule has 2 aliphatic heterocycles. The fraction of sp³-hybridized carbons (Fsp3) is 0.769. The van der Waals surface area contributed by atoms with Crippen LogP contribution >= 0.6 is 0 Å². The molecule has 20 heavy (non-hydrogen) atoms. The van der Waals surface area contributed by atoms with Crippen molar-refractivity contribution in [3.8, 4) is 0 Å². The molecular formula is C13H20N2O5. The first kappa shape index (κ1) is 14.6. The second kappa shape index (κ2) is 6.11. The summed E-state index contributed by atoms with van der Waals surface area (Å²) in [4.78, 5) is 37.5. The number of rotatable bonds is 3. The van der Waals surface area contributed by atoms with Gasteiger partial charge in [0.25, 0.3) is 0 Å². The van der Waals surface area contributed by atoms with Crippen LogP contribution in [-0.2, 0) is 14.3 Å². The number of carbonyl (C=O) groups excluding carboxylic acids is 2. The second-order valence-corrected chi connectivity index (χ2v) is 5.44. The number of amides is 2. The summed E-state index contributed by atoms with van der Waals surface area (Å²) in [6, 6.07) is -0.0463. The van der Waals surface area contributed by atoms with Crippen LogP contribution in [0.5, 0.6) is 0 Å². The van der Waals surface area contributed by atoms with Crippen LogP contribution in [0.25, 0.3) is 0 Å². The predicted octanol–water partition coefficient (Wildman–Crippen LogP) is 0.398. The van der Waals surface area contributed by atoms with Crippen molar-refractivity contribution in [2.24, 2.45) is 11.8 Å². The van der Waals surface area contributed by atoms with Gasteiger partial charge in [-0.05, 0) is 12.8 Å². The molecule has 7 nitrogen and oxygen atoms in total. The Kier molecular flexibility index (Phi) is 4.46. The van der Waals surface area contributed by atoms with Crippen LogP contribution in [0, 0.1) is 11.8 Å². The molecule has 0 aliphatic carbocycles. The number of ether oxygens (including phenoxy) is 1. The van der Waals surface area contributed by atoms with Crippen LogP contribution in [0.3, 0.4) is 0 Å². The fourth-order valence-electron chi connectivity index (χ4n) is 2.78. The lowest BCUT2D eigenvalue weighted by molar-refractivity contribution is -0.146. The van der Waals surface area contributed by atoms with E-state index < -0.39 is 5.97 Å². The molecular weight excluding hydrogens is 264 g/mol. The Morgan fingerprint density at radius 2 is 1.75 bits per heavy atom. The highest BCUT2D eigenvalue weighted by Crippen LogP contribution is 2.24. The molecule has 2 amide bonds. The third-order valence-corrected chi connectivity index (χ3v) is 3.99. The van der Waals surface area contributed by atoms with E-state index in [0.717, 1.165) is 0 Å². The normalized spacial score (nSPS) is 20.4. The van der Waals surface area contributed by atoms with Gasteiger partial charge in [-0.2, -0.15) is 0 Å². The van der Waals surface area contributed by atoms with Crippen LogP contribution in [0.2, 0.25) is 0 Å². The molecule has 2 heterocycles. The number of carboxylic acids is 1. The number of aliphatic carboxylic acids is 1. The minimum Gasteiger partial charge on any atom is -0.481 e. The summed E-state index contributed by atoms with van der Waals surface area (Å²) >= 11 is 0. The van der Waals surface area contributed by atoms with E-state index in [-0.39, 0.29) is 30.3 Å². The molecule has 0 aromatic carbocycles. The number of methoxy groups -OCH3 is 1. The van der Waals surface area contributed by atoms with E-state index in [9.17, 15) is 14.4 Å². The van der Waals surface area contributed by atoms with Gasteiger partial charge in [0.05, 0.1) is 19.4 Å². The molecule has 1 N–H and O–H groups in total. The second-order valence-electron chi connectivity index (χ2n) is 5.44. The number of carboxylic acid groups (broad SMARTS) is 1. The van der Waals surface area contributed by atoms with Gasteiger partial charge in [0.2, 0.25) is 0 Å². The van der Waals surface area contributed by atoms with Crippen LogP contribution in [-0.4, -0.2) is 66.2 Å². The molecule has 0 aromatic rings. The highest BCUT2D eigenvalue weighted by atomic mass is 16.5. The zero-order chi connectivity index (χ0) is 14.7. The first-order valence-corrected chi connectivity index (χ1v) is 6.84. The van der Waals surface area contributed by atoms with Gasteiger partial charge in [-0.15, -0.1) is 0 Å². The lowest BCUT2D eigenvalue weighted by Gasteiger charge is -2.42. The molecule has 0 unspecified atom stereocenters. The van der Waals surface area contributed by atoms with Crippen LogP contribution in [0.15, 0.2) is 0 Å². The van der Waals surface area contributed by atoms with Gasteiger partial charge in [0.15, 0.2) is 0 Å². The average Bonchev–Trinajstić information content (AvgIpc) is 2.40. The predicted molar refractivity (Wildman–Crippen MR) is 69.0 cm³/mol. The Labute approximate surface area is 117 Å². The van der Waals surface area contributed by atoms with Gasteiger partial charge >= 0.3 is 18.0 Å². The van der Waals surface area contributed by atoms with E-state index in [0.29, 0.717) is 39.0 Å². The van der Waals surface area contributed by atoms with E-state index >= 15 is 0 Å². The maximum Gasteiger partial charge on any atom is 0.320 e. The molecule has 7 heteroatoms. The Hall–Kier alpha value is -1.79. The third-order valence-electron chi connectivity index (χ3n) is 3.99. The van der Waals surface area contributed by atoms with E-state index in [1.54, 1.807) is 9.80 Å². The Morgan fingerprint density at radius 3 is 2.25 bits per heavy atom. The van der Waals surface area contributed by atoms with Gasteiger partial charge in [-0.25, -0.2) is 4.79 Å². The minimum atomic E-state index is -0.819. The monoisotopic (exact) mass is 284 g/mol. The highest BCUT2D eigenvalue weighted by molar-refractivity contribution is 5.77. The number of nitrogens with zero attached hydrogens (tertiary/aromatic N) is 2. The highest BCUT2D eigenvalue weighted by Gasteiger charge is 2.36. The topological polar surface area (TPSA) is 87.2 Å². The van der Waals surface area contributed by atoms with Gasteiger partial charge < -0.3 is 19.6 Å². The van der Waals surface area contributed by atoms with E-state index in [4.69, 9.17) is 9.84 Å². The maximum absolute atomic E-state index is 12.1. The summed E-state index contributed by atoms with van der Waals surface area (Å²) in [5.74, 6) is -1.06. The van der Waals surface area contributed by atoms with Crippen LogP contribution in [0.4, 0.5) is 4.79 Å². The number of likely N-dealkylation sites (tertiary alicyclic amines) is 2. The van der Waals surface area contributed by atoms with Crippen molar-refractivity contribution in [2.75, 3.05) is 33.3 Å². The van der Waals surface area contributed by atoms with Crippen molar-refractivity contribution in [1.82, 2.24) is 9.80 Å².